The molecule has 0 bridgehead atoms. The fourth-order valence-corrected chi connectivity index (χ4v) is 3.05. The second-order valence-corrected chi connectivity index (χ2v) is 5.63. The zero-order valence-corrected chi connectivity index (χ0v) is 11.7. The van der Waals surface area contributed by atoms with Crippen molar-refractivity contribution in [1.29, 1.82) is 0 Å². The van der Waals surface area contributed by atoms with E-state index in [-0.39, 0.29) is 5.78 Å². The van der Waals surface area contributed by atoms with Gasteiger partial charge >= 0.3 is 0 Å². The normalized spacial score (nSPS) is 15.0. The summed E-state index contributed by atoms with van der Waals surface area (Å²) in [6, 6.07) is 7.93. The molecule has 0 spiro atoms. The van der Waals surface area contributed by atoms with Crippen molar-refractivity contribution in [1.82, 2.24) is 0 Å². The molecule has 1 aromatic carbocycles. The summed E-state index contributed by atoms with van der Waals surface area (Å²) in [7, 11) is 0. The summed E-state index contributed by atoms with van der Waals surface area (Å²) in [4.78, 5) is 13.0. The molecule has 0 amide bonds. The molecule has 0 N–H and O–H groups in total. The molecule has 0 saturated heterocycles. The number of carbonyl (C=O) groups excluding carboxylic acids is 1. The van der Waals surface area contributed by atoms with Crippen LogP contribution in [0.2, 0.25) is 0 Å². The Morgan fingerprint density at radius 2 is 2.24 bits per heavy atom. The quantitative estimate of drug-likeness (QED) is 0.791. The topological polar surface area (TPSA) is 26.3 Å². The van der Waals surface area contributed by atoms with Crippen molar-refractivity contribution in [3.8, 4) is 0 Å². The highest BCUT2D eigenvalue weighted by atomic mass is 79.9. The molecule has 0 aliphatic carbocycles. The third-order valence-electron chi connectivity index (χ3n) is 2.49. The van der Waals surface area contributed by atoms with Gasteiger partial charge in [-0.3, -0.25) is 4.79 Å². The molecular formula is C13H13BrO2S. The number of ether oxygens (including phenoxy) is 1. The molecule has 0 atom stereocenters. The number of allylic oxidation sites excluding steroid dienone is 1. The Morgan fingerprint density at radius 3 is 2.94 bits per heavy atom. The predicted octanol–water partition coefficient (Wildman–Crippen LogP) is 3.80. The van der Waals surface area contributed by atoms with Gasteiger partial charge in [-0.05, 0) is 40.9 Å². The number of halogens is 1. The van der Waals surface area contributed by atoms with Gasteiger partial charge < -0.3 is 4.74 Å². The highest BCUT2D eigenvalue weighted by Gasteiger charge is 2.13. The van der Waals surface area contributed by atoms with Gasteiger partial charge in [0.05, 0.1) is 18.6 Å². The maximum atomic E-state index is 11.9. The SMILES string of the molecule is O=C(CSc1ccccc1Br)C1=COCCC1. The fourth-order valence-electron chi connectivity index (χ4n) is 1.57. The summed E-state index contributed by atoms with van der Waals surface area (Å²) in [6.07, 6.45) is 3.40. The van der Waals surface area contributed by atoms with Gasteiger partial charge in [0.2, 0.25) is 0 Å². The van der Waals surface area contributed by atoms with Gasteiger partial charge in [-0.1, -0.05) is 12.1 Å². The zero-order chi connectivity index (χ0) is 12.1. The van der Waals surface area contributed by atoms with Crippen LogP contribution in [0.5, 0.6) is 0 Å². The van der Waals surface area contributed by atoms with Gasteiger partial charge in [0.1, 0.15) is 0 Å². The van der Waals surface area contributed by atoms with E-state index < -0.39 is 0 Å². The minimum absolute atomic E-state index is 0.172. The Hall–Kier alpha value is -0.740. The second-order valence-electron chi connectivity index (χ2n) is 3.76. The fraction of sp³-hybridized carbons (Fsp3) is 0.308. The number of hydrogen-bond donors (Lipinski definition) is 0. The summed E-state index contributed by atoms with van der Waals surface area (Å²) < 4.78 is 6.21. The summed E-state index contributed by atoms with van der Waals surface area (Å²) in [5, 5.41) is 0. The lowest BCUT2D eigenvalue weighted by atomic mass is 10.1. The molecule has 0 aromatic heterocycles. The van der Waals surface area contributed by atoms with Crippen LogP contribution in [0.1, 0.15) is 12.8 Å². The number of Topliss-reactive ketones (excluding diaryl/α,β-unsaturated/α-hetero) is 1. The maximum Gasteiger partial charge on any atom is 0.172 e. The van der Waals surface area contributed by atoms with Gasteiger partial charge in [0.15, 0.2) is 5.78 Å². The highest BCUT2D eigenvalue weighted by molar-refractivity contribution is 9.10. The Morgan fingerprint density at radius 1 is 1.41 bits per heavy atom. The van der Waals surface area contributed by atoms with Gasteiger partial charge in [0.25, 0.3) is 0 Å². The van der Waals surface area contributed by atoms with Crippen LogP contribution in [0.15, 0.2) is 45.5 Å². The van der Waals surface area contributed by atoms with Crippen molar-refractivity contribution in [2.24, 2.45) is 0 Å². The smallest absolute Gasteiger partial charge is 0.172 e. The minimum atomic E-state index is 0.172. The second kappa shape index (κ2) is 6.26. The van der Waals surface area contributed by atoms with Crippen LogP contribution in [-0.2, 0) is 9.53 Å². The Labute approximate surface area is 114 Å². The molecule has 2 nitrogen and oxygen atoms in total. The van der Waals surface area contributed by atoms with E-state index in [0.29, 0.717) is 5.75 Å². The molecule has 90 valence electrons. The van der Waals surface area contributed by atoms with Crippen LogP contribution in [0.4, 0.5) is 0 Å². The lowest BCUT2D eigenvalue weighted by Crippen LogP contribution is -2.10. The standard InChI is InChI=1S/C13H13BrO2S/c14-11-5-1-2-6-13(11)17-9-12(15)10-4-3-7-16-8-10/h1-2,5-6,8H,3-4,7,9H2. The van der Waals surface area contributed by atoms with Gasteiger partial charge in [-0.25, -0.2) is 0 Å². The zero-order valence-electron chi connectivity index (χ0n) is 9.32. The summed E-state index contributed by atoms with van der Waals surface area (Å²) in [6.45, 7) is 0.730. The van der Waals surface area contributed by atoms with Crippen LogP contribution in [0, 0.1) is 0 Å². The molecular weight excluding hydrogens is 300 g/mol. The van der Waals surface area contributed by atoms with E-state index in [1.807, 2.05) is 24.3 Å². The summed E-state index contributed by atoms with van der Waals surface area (Å²) in [5.74, 6) is 0.642. The van der Waals surface area contributed by atoms with E-state index in [1.54, 1.807) is 18.0 Å². The average molecular weight is 313 g/mol. The molecule has 2 rings (SSSR count). The molecule has 0 saturated carbocycles. The van der Waals surface area contributed by atoms with Crippen molar-refractivity contribution in [3.63, 3.8) is 0 Å². The van der Waals surface area contributed by atoms with Crippen molar-refractivity contribution in [2.75, 3.05) is 12.4 Å². The van der Waals surface area contributed by atoms with E-state index in [1.165, 1.54) is 0 Å². The molecule has 4 heteroatoms. The third-order valence-corrected chi connectivity index (χ3v) is 4.51. The number of carbonyl (C=O) groups is 1. The first kappa shape index (κ1) is 12.7. The number of rotatable bonds is 4. The summed E-state index contributed by atoms with van der Waals surface area (Å²) >= 11 is 5.03. The average Bonchev–Trinajstić information content (AvgIpc) is 2.38. The lowest BCUT2D eigenvalue weighted by molar-refractivity contribution is -0.113. The molecule has 0 fully saturated rings. The predicted molar refractivity (Wildman–Crippen MR) is 73.1 cm³/mol. The van der Waals surface area contributed by atoms with E-state index in [4.69, 9.17) is 4.74 Å². The van der Waals surface area contributed by atoms with Crippen molar-refractivity contribution >= 4 is 33.5 Å². The molecule has 0 unspecified atom stereocenters. The Balaban J connectivity index is 1.92. The number of ketones is 1. The molecule has 1 heterocycles. The highest BCUT2D eigenvalue weighted by Crippen LogP contribution is 2.28. The molecule has 17 heavy (non-hydrogen) atoms. The summed E-state index contributed by atoms with van der Waals surface area (Å²) in [5.41, 5.74) is 0.816. The van der Waals surface area contributed by atoms with Gasteiger partial charge in [-0.2, -0.15) is 0 Å². The molecule has 1 aromatic rings. The largest absolute Gasteiger partial charge is 0.501 e. The third kappa shape index (κ3) is 3.61. The van der Waals surface area contributed by atoms with E-state index >= 15 is 0 Å². The first-order chi connectivity index (χ1) is 8.27. The van der Waals surface area contributed by atoms with Gasteiger partial charge in [0, 0.05) is 14.9 Å². The first-order valence-electron chi connectivity index (χ1n) is 5.48. The van der Waals surface area contributed by atoms with E-state index in [2.05, 4.69) is 15.9 Å². The van der Waals surface area contributed by atoms with Crippen LogP contribution >= 0.6 is 27.7 Å². The number of thioether (sulfide) groups is 1. The Bertz CT molecular complexity index is 443. The van der Waals surface area contributed by atoms with Crippen LogP contribution in [0.25, 0.3) is 0 Å². The monoisotopic (exact) mass is 312 g/mol. The maximum absolute atomic E-state index is 11.9. The van der Waals surface area contributed by atoms with Gasteiger partial charge in [-0.15, -0.1) is 11.8 Å². The lowest BCUT2D eigenvalue weighted by Gasteiger charge is -2.12. The molecule has 0 radical (unpaired) electrons. The van der Waals surface area contributed by atoms with E-state index in [9.17, 15) is 4.79 Å². The van der Waals surface area contributed by atoms with Crippen molar-refractivity contribution < 1.29 is 9.53 Å². The van der Waals surface area contributed by atoms with Crippen LogP contribution in [-0.4, -0.2) is 18.1 Å². The van der Waals surface area contributed by atoms with Crippen molar-refractivity contribution in [3.05, 3.63) is 40.6 Å². The van der Waals surface area contributed by atoms with E-state index in [0.717, 1.165) is 34.4 Å². The minimum Gasteiger partial charge on any atom is -0.501 e. The van der Waals surface area contributed by atoms with Crippen LogP contribution in [0.3, 0.4) is 0 Å². The van der Waals surface area contributed by atoms with Crippen LogP contribution < -0.4 is 0 Å². The van der Waals surface area contributed by atoms with Crippen molar-refractivity contribution in [2.45, 2.75) is 17.7 Å². The molecule has 1 aliphatic rings. The molecule has 1 aliphatic heterocycles. The number of hydrogen-bond acceptors (Lipinski definition) is 3. The first-order valence-corrected chi connectivity index (χ1v) is 7.26. The number of benzene rings is 1. The Kier molecular flexibility index (Phi) is 4.68.